The van der Waals surface area contributed by atoms with Crippen LogP contribution in [0.25, 0.3) is 72.4 Å². The van der Waals surface area contributed by atoms with Crippen LogP contribution in [0.3, 0.4) is 0 Å². The van der Waals surface area contributed by atoms with Crippen LogP contribution in [0.5, 0.6) is 0 Å². The molecule has 0 atom stereocenters. The van der Waals surface area contributed by atoms with E-state index >= 15 is 0 Å². The molecule has 0 aliphatic rings. The minimum atomic E-state index is -5.00. The molecule has 5 aromatic carbocycles. The summed E-state index contributed by atoms with van der Waals surface area (Å²) < 4.78 is 91.2. The van der Waals surface area contributed by atoms with E-state index in [1.165, 1.54) is 17.8 Å². The SMILES string of the molecule is CC(C)c1cc(-c2ccc(C(C)(C)C)cc2)cc(C(C)C)c1-n1c(-c2cccc3c2oc2cc(-c4cc(C(F)(F)F)cc(C(F)(F)F)c4)ncc23)nc2ccccc21. The summed E-state index contributed by atoms with van der Waals surface area (Å²) in [5, 5.41) is 1.23. The number of hydrogen-bond donors (Lipinski definition) is 0. The van der Waals surface area contributed by atoms with Crippen molar-refractivity contribution in [3.8, 4) is 39.5 Å². The second-order valence-electron chi connectivity index (χ2n) is 16.5. The third kappa shape index (κ3) is 6.92. The molecule has 0 N–H and O–H groups in total. The molecule has 10 heteroatoms. The Kier molecular flexibility index (Phi) is 9.33. The highest BCUT2D eigenvalue weighted by Crippen LogP contribution is 2.44. The predicted molar refractivity (Wildman–Crippen MR) is 219 cm³/mol. The van der Waals surface area contributed by atoms with Gasteiger partial charge in [0.05, 0.1) is 39.1 Å². The van der Waals surface area contributed by atoms with E-state index in [2.05, 4.69) is 94.4 Å². The summed E-state index contributed by atoms with van der Waals surface area (Å²) in [6.07, 6.45) is -8.57. The van der Waals surface area contributed by atoms with Gasteiger partial charge in [0, 0.05) is 28.6 Å². The molecule has 0 spiro atoms. The number of nitrogens with zero attached hydrogens (tertiary/aromatic N) is 3. The molecule has 0 amide bonds. The summed E-state index contributed by atoms with van der Waals surface area (Å²) in [5.74, 6) is 0.865. The van der Waals surface area contributed by atoms with Crippen molar-refractivity contribution in [1.29, 1.82) is 0 Å². The molecule has 0 fully saturated rings. The smallest absolute Gasteiger partial charge is 0.416 e. The van der Waals surface area contributed by atoms with Crippen LogP contribution >= 0.6 is 0 Å². The summed E-state index contributed by atoms with van der Waals surface area (Å²) in [4.78, 5) is 9.54. The highest BCUT2D eigenvalue weighted by atomic mass is 19.4. The topological polar surface area (TPSA) is 43.9 Å². The van der Waals surface area contributed by atoms with Crippen molar-refractivity contribution in [3.05, 3.63) is 137 Å². The monoisotopic (exact) mass is 789 g/mol. The number of para-hydroxylation sites is 3. The first kappa shape index (κ1) is 38.9. The number of benzene rings is 5. The largest absolute Gasteiger partial charge is 0.455 e. The molecule has 8 aromatic rings. The summed E-state index contributed by atoms with van der Waals surface area (Å²) in [6.45, 7) is 15.3. The van der Waals surface area contributed by atoms with E-state index in [1.807, 2.05) is 42.5 Å². The van der Waals surface area contributed by atoms with Crippen molar-refractivity contribution >= 4 is 33.0 Å². The maximum absolute atomic E-state index is 13.8. The van der Waals surface area contributed by atoms with Crippen molar-refractivity contribution in [2.24, 2.45) is 0 Å². The number of alkyl halides is 6. The molecule has 3 heterocycles. The third-order valence-corrected chi connectivity index (χ3v) is 10.8. The van der Waals surface area contributed by atoms with Crippen LogP contribution in [-0.4, -0.2) is 14.5 Å². The van der Waals surface area contributed by atoms with Crippen LogP contribution in [0.1, 0.15) is 88.1 Å². The minimum Gasteiger partial charge on any atom is -0.455 e. The Hall–Kier alpha value is -5.90. The van der Waals surface area contributed by atoms with Crippen LogP contribution in [0.4, 0.5) is 26.3 Å². The maximum Gasteiger partial charge on any atom is 0.416 e. The Balaban J connectivity index is 1.34. The van der Waals surface area contributed by atoms with Crippen LogP contribution < -0.4 is 0 Å². The van der Waals surface area contributed by atoms with Gasteiger partial charge < -0.3 is 4.42 Å². The number of pyridine rings is 1. The number of imidazole rings is 1. The summed E-state index contributed by atoms with van der Waals surface area (Å²) in [6, 6.07) is 29.7. The van der Waals surface area contributed by atoms with Gasteiger partial charge in [0.15, 0.2) is 0 Å². The minimum absolute atomic E-state index is 0.0260. The average Bonchev–Trinajstić information content (AvgIpc) is 3.74. The molecule has 3 aromatic heterocycles. The van der Waals surface area contributed by atoms with Crippen molar-refractivity contribution < 1.29 is 30.8 Å². The lowest BCUT2D eigenvalue weighted by Crippen LogP contribution is -2.11. The van der Waals surface area contributed by atoms with Gasteiger partial charge in [0.2, 0.25) is 0 Å². The first-order valence-electron chi connectivity index (χ1n) is 19.2. The van der Waals surface area contributed by atoms with Gasteiger partial charge in [-0.2, -0.15) is 26.3 Å². The fourth-order valence-corrected chi connectivity index (χ4v) is 7.71. The van der Waals surface area contributed by atoms with Crippen LogP contribution in [0.2, 0.25) is 0 Å². The first-order chi connectivity index (χ1) is 27.3. The molecule has 0 bridgehead atoms. The molecule has 296 valence electrons. The second-order valence-corrected chi connectivity index (χ2v) is 16.5. The average molecular weight is 790 g/mol. The molecule has 8 rings (SSSR count). The molecule has 0 aliphatic carbocycles. The van der Waals surface area contributed by atoms with Gasteiger partial charge in [-0.25, -0.2) is 4.98 Å². The summed E-state index contributed by atoms with van der Waals surface area (Å²) in [7, 11) is 0. The predicted octanol–water partition coefficient (Wildman–Crippen LogP) is 14.9. The lowest BCUT2D eigenvalue weighted by atomic mass is 9.85. The standard InChI is InChI=1S/C48H41F6N3O/c1-26(2)36-21-29(28-15-17-31(18-16-28)46(5,6)7)22-37(27(3)4)43(36)57-41-14-9-8-13-39(41)56-45(57)35-12-10-11-34-38-25-55-40(24-42(38)58-44(34)35)30-19-32(47(49,50)51)23-33(20-30)48(52,53)54/h8-27H,1-7H3. The van der Waals surface area contributed by atoms with Gasteiger partial charge in [-0.15, -0.1) is 0 Å². The third-order valence-electron chi connectivity index (χ3n) is 10.8. The molecule has 4 nitrogen and oxygen atoms in total. The number of aromatic nitrogens is 3. The first-order valence-corrected chi connectivity index (χ1v) is 19.2. The number of hydrogen-bond acceptors (Lipinski definition) is 3. The maximum atomic E-state index is 13.8. The van der Waals surface area contributed by atoms with E-state index in [0.29, 0.717) is 39.9 Å². The lowest BCUT2D eigenvalue weighted by molar-refractivity contribution is -0.143. The molecule has 58 heavy (non-hydrogen) atoms. The Morgan fingerprint density at radius 1 is 0.603 bits per heavy atom. The normalized spacial score (nSPS) is 12.9. The highest BCUT2D eigenvalue weighted by Gasteiger charge is 2.37. The van der Waals surface area contributed by atoms with E-state index in [9.17, 15) is 26.3 Å². The van der Waals surface area contributed by atoms with E-state index in [-0.39, 0.29) is 40.2 Å². The Labute approximate surface area is 332 Å². The van der Waals surface area contributed by atoms with E-state index in [1.54, 1.807) is 0 Å². The quantitative estimate of drug-likeness (QED) is 0.158. The lowest BCUT2D eigenvalue weighted by Gasteiger charge is -2.25. The van der Waals surface area contributed by atoms with Crippen LogP contribution in [0.15, 0.2) is 114 Å². The zero-order valence-electron chi connectivity index (χ0n) is 33.1. The van der Waals surface area contributed by atoms with E-state index in [0.717, 1.165) is 39.0 Å². The van der Waals surface area contributed by atoms with Gasteiger partial charge in [-0.3, -0.25) is 9.55 Å². The fourth-order valence-electron chi connectivity index (χ4n) is 7.71. The van der Waals surface area contributed by atoms with Crippen molar-refractivity contribution in [3.63, 3.8) is 0 Å². The van der Waals surface area contributed by atoms with Crippen LogP contribution in [0, 0.1) is 0 Å². The number of halogens is 6. The van der Waals surface area contributed by atoms with E-state index < -0.39 is 23.5 Å². The van der Waals surface area contributed by atoms with Crippen LogP contribution in [-0.2, 0) is 17.8 Å². The molecule has 0 radical (unpaired) electrons. The molecule has 0 saturated heterocycles. The molecule has 0 saturated carbocycles. The Bertz CT molecular complexity index is 2790. The zero-order valence-corrected chi connectivity index (χ0v) is 33.1. The Morgan fingerprint density at radius 3 is 1.81 bits per heavy atom. The van der Waals surface area contributed by atoms with Gasteiger partial charge >= 0.3 is 12.4 Å². The summed E-state index contributed by atoms with van der Waals surface area (Å²) in [5.41, 5.74) is 6.60. The van der Waals surface area contributed by atoms with Crippen molar-refractivity contribution in [1.82, 2.24) is 14.5 Å². The summed E-state index contributed by atoms with van der Waals surface area (Å²) >= 11 is 0. The number of fused-ring (bicyclic) bond motifs is 4. The highest BCUT2D eigenvalue weighted by molar-refractivity contribution is 6.10. The zero-order chi connectivity index (χ0) is 41.5. The van der Waals surface area contributed by atoms with Gasteiger partial charge in [-0.05, 0) is 93.6 Å². The molecular weight excluding hydrogens is 749 g/mol. The van der Waals surface area contributed by atoms with Gasteiger partial charge in [0.1, 0.15) is 17.0 Å². The fraction of sp³-hybridized carbons (Fsp3) is 0.250. The molecule has 0 unspecified atom stereocenters. The van der Waals surface area contributed by atoms with Gasteiger partial charge in [0.25, 0.3) is 0 Å². The van der Waals surface area contributed by atoms with Gasteiger partial charge in [-0.1, -0.05) is 97.0 Å². The molecule has 0 aliphatic heterocycles. The second kappa shape index (κ2) is 13.9. The van der Waals surface area contributed by atoms with Crippen molar-refractivity contribution in [2.75, 3.05) is 0 Å². The van der Waals surface area contributed by atoms with E-state index in [4.69, 9.17) is 9.40 Å². The number of furan rings is 1. The Morgan fingerprint density at radius 2 is 1.22 bits per heavy atom. The number of rotatable bonds is 6. The molecular formula is C48H41F6N3O. The van der Waals surface area contributed by atoms with Crippen molar-refractivity contribution in [2.45, 2.75) is 78.1 Å².